The van der Waals surface area contributed by atoms with Crippen LogP contribution in [0.4, 0.5) is 5.69 Å². The van der Waals surface area contributed by atoms with Crippen molar-refractivity contribution in [1.29, 1.82) is 0 Å². The van der Waals surface area contributed by atoms with Crippen molar-refractivity contribution in [3.8, 4) is 0 Å². The van der Waals surface area contributed by atoms with Gasteiger partial charge in [0.1, 0.15) is 0 Å². The maximum Gasteiger partial charge on any atom is 0.0834 e. The van der Waals surface area contributed by atoms with Crippen LogP contribution in [0.2, 0.25) is 0 Å². The Morgan fingerprint density at radius 3 is 2.43 bits per heavy atom. The first-order chi connectivity index (χ1) is 6.59. The Bertz CT molecular complexity index is 271. The lowest BCUT2D eigenvalue weighted by molar-refractivity contribution is 0.191. The monoisotopic (exact) mass is 257 g/mol. The Balaban J connectivity index is 2.42. The molecule has 0 saturated carbocycles. The second-order valence-corrected chi connectivity index (χ2v) is 4.94. The van der Waals surface area contributed by atoms with E-state index in [0.717, 1.165) is 5.69 Å². The Labute approximate surface area is 93.5 Å². The number of rotatable bonds is 4. The van der Waals surface area contributed by atoms with Crippen LogP contribution in [0.15, 0.2) is 24.3 Å². The third-order valence-corrected chi connectivity index (χ3v) is 2.71. The SMILES string of the molecule is Cc1ccc(NCC(O)C(C)Br)cc1. The molecule has 0 aromatic heterocycles. The van der Waals surface area contributed by atoms with Gasteiger partial charge in [-0.3, -0.25) is 0 Å². The molecule has 0 aliphatic heterocycles. The van der Waals surface area contributed by atoms with E-state index in [1.54, 1.807) is 0 Å². The lowest BCUT2D eigenvalue weighted by Gasteiger charge is -2.14. The number of hydrogen-bond donors (Lipinski definition) is 2. The molecule has 0 fully saturated rings. The molecule has 1 aromatic carbocycles. The van der Waals surface area contributed by atoms with Gasteiger partial charge in [0.05, 0.1) is 6.10 Å². The molecule has 0 aliphatic carbocycles. The highest BCUT2D eigenvalue weighted by Crippen LogP contribution is 2.10. The highest BCUT2D eigenvalue weighted by atomic mass is 79.9. The first-order valence-electron chi connectivity index (χ1n) is 4.72. The first-order valence-corrected chi connectivity index (χ1v) is 5.64. The normalized spacial score (nSPS) is 14.9. The van der Waals surface area contributed by atoms with Gasteiger partial charge in [-0.1, -0.05) is 40.5 Å². The van der Waals surface area contributed by atoms with Crippen molar-refractivity contribution in [1.82, 2.24) is 0 Å². The molecule has 0 radical (unpaired) electrons. The molecule has 2 N–H and O–H groups in total. The molecule has 0 heterocycles. The second kappa shape index (κ2) is 5.37. The zero-order valence-electron chi connectivity index (χ0n) is 8.50. The highest BCUT2D eigenvalue weighted by molar-refractivity contribution is 9.09. The van der Waals surface area contributed by atoms with Gasteiger partial charge < -0.3 is 10.4 Å². The zero-order valence-corrected chi connectivity index (χ0v) is 10.1. The Hall–Kier alpha value is -0.540. The number of alkyl halides is 1. The van der Waals surface area contributed by atoms with Crippen molar-refractivity contribution < 1.29 is 5.11 Å². The summed E-state index contributed by atoms with van der Waals surface area (Å²) in [6.07, 6.45) is -0.365. The molecule has 2 unspecified atom stereocenters. The molecule has 0 spiro atoms. The molecule has 2 atom stereocenters. The number of halogens is 1. The molecule has 0 bridgehead atoms. The van der Waals surface area contributed by atoms with Gasteiger partial charge in [0, 0.05) is 17.1 Å². The summed E-state index contributed by atoms with van der Waals surface area (Å²) in [5.74, 6) is 0. The predicted molar refractivity (Wildman–Crippen MR) is 64.1 cm³/mol. The summed E-state index contributed by atoms with van der Waals surface area (Å²) in [6, 6.07) is 8.13. The fourth-order valence-corrected chi connectivity index (χ4v) is 1.24. The number of aliphatic hydroxyl groups is 1. The fourth-order valence-electron chi connectivity index (χ4n) is 1.06. The van der Waals surface area contributed by atoms with Gasteiger partial charge >= 0.3 is 0 Å². The summed E-state index contributed by atoms with van der Waals surface area (Å²) in [6.45, 7) is 4.55. The van der Waals surface area contributed by atoms with Crippen LogP contribution in [0.25, 0.3) is 0 Å². The van der Waals surface area contributed by atoms with E-state index < -0.39 is 0 Å². The molecule has 0 amide bonds. The average Bonchev–Trinajstić information content (AvgIpc) is 2.16. The van der Waals surface area contributed by atoms with Gasteiger partial charge in [-0.25, -0.2) is 0 Å². The van der Waals surface area contributed by atoms with Gasteiger partial charge in [0.15, 0.2) is 0 Å². The van der Waals surface area contributed by atoms with Crippen LogP contribution < -0.4 is 5.32 Å². The molecule has 0 aliphatic rings. The van der Waals surface area contributed by atoms with E-state index in [1.807, 2.05) is 31.2 Å². The second-order valence-electron chi connectivity index (χ2n) is 3.49. The number of aryl methyl sites for hydroxylation is 1. The van der Waals surface area contributed by atoms with Crippen molar-refractivity contribution in [3.05, 3.63) is 29.8 Å². The van der Waals surface area contributed by atoms with Crippen LogP contribution in [0.1, 0.15) is 12.5 Å². The van der Waals surface area contributed by atoms with Crippen molar-refractivity contribution >= 4 is 21.6 Å². The van der Waals surface area contributed by atoms with E-state index in [-0.39, 0.29) is 10.9 Å². The number of benzene rings is 1. The first kappa shape index (κ1) is 11.5. The Morgan fingerprint density at radius 2 is 1.93 bits per heavy atom. The summed E-state index contributed by atoms with van der Waals surface area (Å²) < 4.78 is 0. The van der Waals surface area contributed by atoms with Gasteiger partial charge in [0.2, 0.25) is 0 Å². The maximum absolute atomic E-state index is 9.53. The fraction of sp³-hybridized carbons (Fsp3) is 0.455. The van der Waals surface area contributed by atoms with Crippen molar-refractivity contribution in [2.75, 3.05) is 11.9 Å². The van der Waals surface area contributed by atoms with Crippen LogP contribution in [0.5, 0.6) is 0 Å². The number of nitrogens with one attached hydrogen (secondary N) is 1. The van der Waals surface area contributed by atoms with Gasteiger partial charge in [-0.2, -0.15) is 0 Å². The molecular weight excluding hydrogens is 242 g/mol. The van der Waals surface area contributed by atoms with E-state index in [0.29, 0.717) is 6.54 Å². The summed E-state index contributed by atoms with van der Waals surface area (Å²) in [4.78, 5) is 0.112. The predicted octanol–water partition coefficient (Wildman–Crippen LogP) is 2.55. The van der Waals surface area contributed by atoms with E-state index in [1.165, 1.54) is 5.56 Å². The number of aliphatic hydroxyl groups excluding tert-OH is 1. The molecular formula is C11H16BrNO. The van der Waals surface area contributed by atoms with Crippen LogP contribution in [-0.2, 0) is 0 Å². The van der Waals surface area contributed by atoms with Crippen LogP contribution in [0, 0.1) is 6.92 Å². The number of hydrogen-bond acceptors (Lipinski definition) is 2. The smallest absolute Gasteiger partial charge is 0.0834 e. The minimum Gasteiger partial charge on any atom is -0.390 e. The molecule has 0 saturated heterocycles. The van der Waals surface area contributed by atoms with Crippen LogP contribution >= 0.6 is 15.9 Å². The minimum atomic E-state index is -0.365. The Kier molecular flexibility index (Phi) is 4.42. The highest BCUT2D eigenvalue weighted by Gasteiger charge is 2.09. The van der Waals surface area contributed by atoms with Crippen LogP contribution in [-0.4, -0.2) is 22.6 Å². The van der Waals surface area contributed by atoms with Gasteiger partial charge in [-0.15, -0.1) is 0 Å². The van der Waals surface area contributed by atoms with E-state index in [9.17, 15) is 5.11 Å². The zero-order chi connectivity index (χ0) is 10.6. The minimum absolute atomic E-state index is 0.112. The topological polar surface area (TPSA) is 32.3 Å². The summed E-state index contributed by atoms with van der Waals surface area (Å²) in [5.41, 5.74) is 2.28. The molecule has 2 nitrogen and oxygen atoms in total. The third kappa shape index (κ3) is 3.68. The van der Waals surface area contributed by atoms with Crippen molar-refractivity contribution in [3.63, 3.8) is 0 Å². The van der Waals surface area contributed by atoms with Gasteiger partial charge in [0.25, 0.3) is 0 Å². The third-order valence-electron chi connectivity index (χ3n) is 2.10. The number of anilines is 1. The summed E-state index contributed by atoms with van der Waals surface area (Å²) in [5, 5.41) is 12.7. The summed E-state index contributed by atoms with van der Waals surface area (Å²) in [7, 11) is 0. The van der Waals surface area contributed by atoms with Crippen molar-refractivity contribution in [2.45, 2.75) is 24.8 Å². The molecule has 78 valence electrons. The van der Waals surface area contributed by atoms with E-state index in [4.69, 9.17) is 0 Å². The van der Waals surface area contributed by atoms with Crippen LogP contribution in [0.3, 0.4) is 0 Å². The molecule has 3 heteroatoms. The maximum atomic E-state index is 9.53. The standard InChI is InChI=1S/C11H16BrNO/c1-8-3-5-10(6-4-8)13-7-11(14)9(2)12/h3-6,9,11,13-14H,7H2,1-2H3. The van der Waals surface area contributed by atoms with Gasteiger partial charge in [-0.05, 0) is 19.1 Å². The largest absolute Gasteiger partial charge is 0.390 e. The van der Waals surface area contributed by atoms with Crippen molar-refractivity contribution in [2.24, 2.45) is 0 Å². The lowest BCUT2D eigenvalue weighted by Crippen LogP contribution is -2.26. The quantitative estimate of drug-likeness (QED) is 0.813. The van der Waals surface area contributed by atoms with E-state index >= 15 is 0 Å². The molecule has 14 heavy (non-hydrogen) atoms. The Morgan fingerprint density at radius 1 is 1.36 bits per heavy atom. The average molecular weight is 258 g/mol. The summed E-state index contributed by atoms with van der Waals surface area (Å²) >= 11 is 3.33. The molecule has 1 rings (SSSR count). The lowest BCUT2D eigenvalue weighted by atomic mass is 10.2. The molecule has 1 aromatic rings. The van der Waals surface area contributed by atoms with E-state index in [2.05, 4.69) is 28.2 Å².